The SMILES string of the molecule is CC(C)(C)OC(=O)OC(=O)C(N)CC(=O)OC(=O)C(N)CCCN=C(N)N. The molecule has 0 aromatic carbocycles. The first-order valence-corrected chi connectivity index (χ1v) is 8.07. The molecule has 0 aliphatic rings. The van der Waals surface area contributed by atoms with E-state index in [-0.39, 0.29) is 18.9 Å². The number of aliphatic imine (C=N–C) groups is 1. The summed E-state index contributed by atoms with van der Waals surface area (Å²) >= 11 is 0. The summed E-state index contributed by atoms with van der Waals surface area (Å²) in [6.45, 7) is 4.98. The zero-order valence-electron chi connectivity index (χ0n) is 15.6. The molecule has 0 aromatic rings. The van der Waals surface area contributed by atoms with Crippen LogP contribution >= 0.6 is 0 Å². The first-order valence-electron chi connectivity index (χ1n) is 8.07. The fourth-order valence-electron chi connectivity index (χ4n) is 1.56. The van der Waals surface area contributed by atoms with Crippen LogP contribution in [-0.4, -0.2) is 54.3 Å². The van der Waals surface area contributed by atoms with E-state index >= 15 is 0 Å². The van der Waals surface area contributed by atoms with Gasteiger partial charge in [-0.05, 0) is 33.6 Å². The molecule has 0 aliphatic carbocycles. The van der Waals surface area contributed by atoms with Crippen LogP contribution in [0.25, 0.3) is 0 Å². The molecule has 0 spiro atoms. The molecule has 2 atom stereocenters. The molecule has 12 heteroatoms. The first-order chi connectivity index (χ1) is 12.3. The van der Waals surface area contributed by atoms with E-state index in [4.69, 9.17) is 27.7 Å². The molecular weight excluding hydrogens is 362 g/mol. The molecule has 0 radical (unpaired) electrons. The number of nitrogens with two attached hydrogens (primary N) is 4. The summed E-state index contributed by atoms with van der Waals surface area (Å²) in [7, 11) is 0. The Morgan fingerprint density at radius 2 is 1.52 bits per heavy atom. The van der Waals surface area contributed by atoms with Gasteiger partial charge in [0.1, 0.15) is 17.7 Å². The highest BCUT2D eigenvalue weighted by Gasteiger charge is 2.27. The van der Waals surface area contributed by atoms with Gasteiger partial charge in [-0.2, -0.15) is 0 Å². The van der Waals surface area contributed by atoms with Crippen molar-refractivity contribution in [2.45, 2.75) is 57.7 Å². The van der Waals surface area contributed by atoms with Crippen molar-refractivity contribution in [1.82, 2.24) is 0 Å². The molecule has 27 heavy (non-hydrogen) atoms. The van der Waals surface area contributed by atoms with Crippen molar-refractivity contribution in [3.05, 3.63) is 0 Å². The third-order valence-corrected chi connectivity index (χ3v) is 2.75. The predicted molar refractivity (Wildman–Crippen MR) is 93.9 cm³/mol. The highest BCUT2D eigenvalue weighted by atomic mass is 16.7. The maximum atomic E-state index is 11.7. The van der Waals surface area contributed by atoms with Gasteiger partial charge in [0.15, 0.2) is 5.96 Å². The second-order valence-electron chi connectivity index (χ2n) is 6.54. The Hall–Kier alpha value is -2.73. The maximum absolute atomic E-state index is 11.7. The van der Waals surface area contributed by atoms with Gasteiger partial charge in [-0.3, -0.25) is 9.79 Å². The van der Waals surface area contributed by atoms with Crippen LogP contribution < -0.4 is 22.9 Å². The lowest BCUT2D eigenvalue weighted by atomic mass is 10.1. The standard InChI is InChI=1S/C15H27N5O7/c1-15(2,3)27-14(24)26-12(23)9(17)7-10(21)25-11(22)8(16)5-4-6-20-13(18)19/h8-9H,4-7,16-17H2,1-3H3,(H4,18,19,20). The zero-order chi connectivity index (χ0) is 21.2. The number of ether oxygens (including phenoxy) is 3. The van der Waals surface area contributed by atoms with E-state index in [9.17, 15) is 19.2 Å². The molecule has 0 bridgehead atoms. The molecule has 0 fully saturated rings. The van der Waals surface area contributed by atoms with Gasteiger partial charge >= 0.3 is 24.1 Å². The van der Waals surface area contributed by atoms with Gasteiger partial charge < -0.3 is 37.1 Å². The van der Waals surface area contributed by atoms with Crippen molar-refractivity contribution in [1.29, 1.82) is 0 Å². The summed E-state index contributed by atoms with van der Waals surface area (Å²) in [5.41, 5.74) is 20.4. The summed E-state index contributed by atoms with van der Waals surface area (Å²) < 4.78 is 13.6. The largest absolute Gasteiger partial charge is 0.516 e. The van der Waals surface area contributed by atoms with Crippen LogP contribution in [0.1, 0.15) is 40.0 Å². The number of carbonyl (C=O) groups excluding carboxylic acids is 4. The van der Waals surface area contributed by atoms with Gasteiger partial charge in [0, 0.05) is 6.54 Å². The van der Waals surface area contributed by atoms with Crippen molar-refractivity contribution in [2.75, 3.05) is 6.54 Å². The van der Waals surface area contributed by atoms with Gasteiger partial charge in [0.05, 0.1) is 6.42 Å². The van der Waals surface area contributed by atoms with Crippen molar-refractivity contribution in [3.8, 4) is 0 Å². The number of nitrogens with zero attached hydrogens (tertiary/aromatic N) is 1. The molecule has 154 valence electrons. The van der Waals surface area contributed by atoms with E-state index in [1.807, 2.05) is 0 Å². The average Bonchev–Trinajstić information content (AvgIpc) is 2.48. The molecule has 0 saturated heterocycles. The minimum atomic E-state index is -1.52. The number of rotatable bonds is 8. The van der Waals surface area contributed by atoms with E-state index in [0.29, 0.717) is 6.42 Å². The third-order valence-electron chi connectivity index (χ3n) is 2.75. The highest BCUT2D eigenvalue weighted by Crippen LogP contribution is 2.09. The Morgan fingerprint density at radius 3 is 2.04 bits per heavy atom. The van der Waals surface area contributed by atoms with Gasteiger partial charge in [0.2, 0.25) is 0 Å². The molecule has 2 unspecified atom stereocenters. The molecule has 0 aliphatic heterocycles. The smallest absolute Gasteiger partial charge is 0.428 e. The Bertz CT molecular complexity index is 582. The van der Waals surface area contributed by atoms with Crippen LogP contribution in [0.2, 0.25) is 0 Å². The van der Waals surface area contributed by atoms with E-state index in [1.165, 1.54) is 0 Å². The zero-order valence-corrected chi connectivity index (χ0v) is 15.6. The van der Waals surface area contributed by atoms with Crippen LogP contribution in [0.5, 0.6) is 0 Å². The summed E-state index contributed by atoms with van der Waals surface area (Å²) in [5.74, 6) is -3.37. The molecule has 0 heterocycles. The predicted octanol–water partition coefficient (Wildman–Crippen LogP) is -1.37. The summed E-state index contributed by atoms with van der Waals surface area (Å²) in [6.07, 6.45) is -1.37. The summed E-state index contributed by atoms with van der Waals surface area (Å²) in [5, 5.41) is 0. The number of guanidine groups is 1. The molecule has 8 N–H and O–H groups in total. The van der Waals surface area contributed by atoms with Gasteiger partial charge in [-0.1, -0.05) is 0 Å². The molecule has 0 saturated carbocycles. The average molecular weight is 389 g/mol. The Morgan fingerprint density at radius 1 is 0.963 bits per heavy atom. The number of hydrogen-bond acceptors (Lipinski definition) is 10. The van der Waals surface area contributed by atoms with Crippen LogP contribution in [0.3, 0.4) is 0 Å². The van der Waals surface area contributed by atoms with Gasteiger partial charge in [-0.25, -0.2) is 14.4 Å². The lowest BCUT2D eigenvalue weighted by molar-refractivity contribution is -0.162. The lowest BCUT2D eigenvalue weighted by Gasteiger charge is -2.18. The monoisotopic (exact) mass is 389 g/mol. The Kier molecular flexibility index (Phi) is 9.96. The Labute approximate surface area is 156 Å². The topological polar surface area (TPSA) is 212 Å². The minimum absolute atomic E-state index is 0.0893. The fourth-order valence-corrected chi connectivity index (χ4v) is 1.56. The van der Waals surface area contributed by atoms with Crippen molar-refractivity contribution >= 4 is 30.0 Å². The van der Waals surface area contributed by atoms with Gasteiger partial charge in [-0.15, -0.1) is 0 Å². The van der Waals surface area contributed by atoms with Crippen molar-refractivity contribution in [2.24, 2.45) is 27.9 Å². The van der Waals surface area contributed by atoms with Crippen molar-refractivity contribution < 1.29 is 33.4 Å². The second-order valence-corrected chi connectivity index (χ2v) is 6.54. The lowest BCUT2D eigenvalue weighted by Crippen LogP contribution is -2.39. The third kappa shape index (κ3) is 12.3. The van der Waals surface area contributed by atoms with Crippen LogP contribution in [-0.2, 0) is 28.6 Å². The quantitative estimate of drug-likeness (QED) is 0.125. The molecular formula is C15H27N5O7. The molecule has 12 nitrogen and oxygen atoms in total. The van der Waals surface area contributed by atoms with Crippen LogP contribution in [0.15, 0.2) is 4.99 Å². The summed E-state index contributed by atoms with van der Waals surface area (Å²) in [6, 6.07) is -2.59. The summed E-state index contributed by atoms with van der Waals surface area (Å²) in [4.78, 5) is 50.0. The molecule has 0 aromatic heterocycles. The maximum Gasteiger partial charge on any atom is 0.516 e. The molecule has 0 amide bonds. The van der Waals surface area contributed by atoms with Crippen molar-refractivity contribution in [3.63, 3.8) is 0 Å². The molecule has 0 rings (SSSR count). The second kappa shape index (κ2) is 11.1. The van der Waals surface area contributed by atoms with E-state index in [1.54, 1.807) is 20.8 Å². The first kappa shape index (κ1) is 24.3. The fraction of sp³-hybridized carbons (Fsp3) is 0.667. The van der Waals surface area contributed by atoms with E-state index in [0.717, 1.165) is 0 Å². The highest BCUT2D eigenvalue weighted by molar-refractivity contribution is 5.92. The van der Waals surface area contributed by atoms with Gasteiger partial charge in [0.25, 0.3) is 0 Å². The van der Waals surface area contributed by atoms with E-state index in [2.05, 4.69) is 14.5 Å². The number of carbonyl (C=O) groups is 4. The van der Waals surface area contributed by atoms with Crippen LogP contribution in [0, 0.1) is 0 Å². The Balaban J connectivity index is 4.31. The van der Waals surface area contributed by atoms with Crippen LogP contribution in [0.4, 0.5) is 4.79 Å². The minimum Gasteiger partial charge on any atom is -0.428 e. The van der Waals surface area contributed by atoms with E-state index < -0.39 is 48.2 Å². The number of esters is 3. The number of hydrogen-bond donors (Lipinski definition) is 4. The normalized spacial score (nSPS) is 13.1.